The molecule has 0 radical (unpaired) electrons. The molecule has 0 aromatic carbocycles. The molecule has 0 atom stereocenters. The van der Waals surface area contributed by atoms with Crippen molar-refractivity contribution in [1.29, 1.82) is 0 Å². The number of piperidine rings is 1. The molecule has 0 spiro atoms. The minimum Gasteiger partial charge on any atom is -0.481 e. The summed E-state index contributed by atoms with van der Waals surface area (Å²) < 4.78 is 0. The van der Waals surface area contributed by atoms with Gasteiger partial charge in [-0.25, -0.2) is 0 Å². The molecule has 1 fully saturated rings. The van der Waals surface area contributed by atoms with Crippen molar-refractivity contribution >= 4 is 11.7 Å². The van der Waals surface area contributed by atoms with Crippen LogP contribution in [0.1, 0.15) is 18.5 Å². The Morgan fingerprint density at radius 2 is 2.12 bits per heavy atom. The van der Waals surface area contributed by atoms with Crippen LogP contribution in [0.3, 0.4) is 0 Å². The third kappa shape index (κ3) is 2.32. The molecule has 0 bridgehead atoms. The van der Waals surface area contributed by atoms with E-state index in [2.05, 4.69) is 9.88 Å². The first-order valence-electron chi connectivity index (χ1n) is 5.57. The van der Waals surface area contributed by atoms with Crippen LogP contribution < -0.4 is 4.90 Å². The van der Waals surface area contributed by atoms with E-state index in [1.54, 1.807) is 0 Å². The van der Waals surface area contributed by atoms with E-state index in [0.717, 1.165) is 37.3 Å². The fraction of sp³-hybridized carbons (Fsp3) is 0.500. The van der Waals surface area contributed by atoms with Gasteiger partial charge in [-0.3, -0.25) is 9.78 Å². The van der Waals surface area contributed by atoms with Gasteiger partial charge in [0.2, 0.25) is 0 Å². The number of pyridine rings is 1. The zero-order chi connectivity index (χ0) is 11.5. The van der Waals surface area contributed by atoms with E-state index < -0.39 is 5.97 Å². The number of rotatable bonds is 2. The van der Waals surface area contributed by atoms with Crippen LogP contribution in [0.4, 0.5) is 5.69 Å². The van der Waals surface area contributed by atoms with Crippen LogP contribution in [-0.2, 0) is 4.79 Å². The SMILES string of the molecule is Cc1ccc(N2CCC(C(=O)O)CC2)cn1. The van der Waals surface area contributed by atoms with Gasteiger partial charge in [0.05, 0.1) is 17.8 Å². The maximum atomic E-state index is 10.8. The van der Waals surface area contributed by atoms with Crippen LogP contribution >= 0.6 is 0 Å². The summed E-state index contributed by atoms with van der Waals surface area (Å²) in [5, 5.41) is 8.90. The van der Waals surface area contributed by atoms with Crippen LogP contribution in [0.2, 0.25) is 0 Å². The van der Waals surface area contributed by atoms with Gasteiger partial charge in [-0.05, 0) is 31.9 Å². The second kappa shape index (κ2) is 4.51. The summed E-state index contributed by atoms with van der Waals surface area (Å²) in [4.78, 5) is 17.3. The molecule has 1 aliphatic rings. The topological polar surface area (TPSA) is 53.4 Å². The minimum absolute atomic E-state index is 0.172. The summed E-state index contributed by atoms with van der Waals surface area (Å²) >= 11 is 0. The second-order valence-corrected chi connectivity index (χ2v) is 4.26. The Morgan fingerprint density at radius 3 is 2.62 bits per heavy atom. The standard InChI is InChI=1S/C12H16N2O2/c1-9-2-3-11(8-13-9)14-6-4-10(5-7-14)12(15)16/h2-3,8,10H,4-7H2,1H3,(H,15,16). The highest BCUT2D eigenvalue weighted by molar-refractivity contribution is 5.70. The summed E-state index contributed by atoms with van der Waals surface area (Å²) in [5.74, 6) is -0.837. The maximum absolute atomic E-state index is 10.8. The molecule has 2 rings (SSSR count). The summed E-state index contributed by atoms with van der Waals surface area (Å²) in [7, 11) is 0. The molecule has 1 N–H and O–H groups in total. The van der Waals surface area contributed by atoms with Crippen molar-refractivity contribution in [2.75, 3.05) is 18.0 Å². The van der Waals surface area contributed by atoms with Crippen molar-refractivity contribution in [1.82, 2.24) is 4.98 Å². The molecule has 4 nitrogen and oxygen atoms in total. The second-order valence-electron chi connectivity index (χ2n) is 4.26. The van der Waals surface area contributed by atoms with Gasteiger partial charge < -0.3 is 10.0 Å². The number of aromatic nitrogens is 1. The predicted molar refractivity (Wildman–Crippen MR) is 61.5 cm³/mol. The van der Waals surface area contributed by atoms with Crippen LogP contribution in [0.25, 0.3) is 0 Å². The van der Waals surface area contributed by atoms with Crippen LogP contribution in [0.15, 0.2) is 18.3 Å². The van der Waals surface area contributed by atoms with E-state index >= 15 is 0 Å². The Kier molecular flexibility index (Phi) is 3.08. The number of hydrogen-bond acceptors (Lipinski definition) is 3. The number of hydrogen-bond donors (Lipinski definition) is 1. The average Bonchev–Trinajstić information content (AvgIpc) is 2.30. The third-order valence-electron chi connectivity index (χ3n) is 3.11. The summed E-state index contributed by atoms with van der Waals surface area (Å²) in [6.45, 7) is 3.57. The lowest BCUT2D eigenvalue weighted by atomic mass is 9.97. The van der Waals surface area contributed by atoms with E-state index in [0.29, 0.717) is 0 Å². The van der Waals surface area contributed by atoms with Crippen molar-refractivity contribution in [2.45, 2.75) is 19.8 Å². The summed E-state index contributed by atoms with van der Waals surface area (Å²) in [6.07, 6.45) is 3.31. The van der Waals surface area contributed by atoms with Crippen LogP contribution in [0, 0.1) is 12.8 Å². The van der Waals surface area contributed by atoms with E-state index in [9.17, 15) is 4.79 Å². The number of anilines is 1. The fourth-order valence-electron chi connectivity index (χ4n) is 2.03. The molecular weight excluding hydrogens is 204 g/mol. The van der Waals surface area contributed by atoms with Crippen molar-refractivity contribution in [3.05, 3.63) is 24.0 Å². The van der Waals surface area contributed by atoms with Crippen LogP contribution in [-0.4, -0.2) is 29.1 Å². The lowest BCUT2D eigenvalue weighted by Gasteiger charge is -2.31. The zero-order valence-electron chi connectivity index (χ0n) is 9.39. The fourth-order valence-corrected chi connectivity index (χ4v) is 2.03. The lowest BCUT2D eigenvalue weighted by Crippen LogP contribution is -2.36. The van der Waals surface area contributed by atoms with Gasteiger partial charge in [0.1, 0.15) is 0 Å². The molecule has 0 unspecified atom stereocenters. The highest BCUT2D eigenvalue weighted by Gasteiger charge is 2.24. The normalized spacial score (nSPS) is 17.4. The lowest BCUT2D eigenvalue weighted by molar-refractivity contribution is -0.142. The Bertz CT molecular complexity index is 367. The van der Waals surface area contributed by atoms with E-state index in [1.165, 1.54) is 0 Å². The first-order valence-corrected chi connectivity index (χ1v) is 5.57. The van der Waals surface area contributed by atoms with Crippen molar-refractivity contribution in [2.24, 2.45) is 5.92 Å². The molecule has 1 aliphatic heterocycles. The van der Waals surface area contributed by atoms with Gasteiger partial charge in [0, 0.05) is 18.8 Å². The number of nitrogens with zero attached hydrogens (tertiary/aromatic N) is 2. The molecule has 0 amide bonds. The van der Waals surface area contributed by atoms with Gasteiger partial charge in [0.15, 0.2) is 0 Å². The number of carbonyl (C=O) groups is 1. The van der Waals surface area contributed by atoms with E-state index in [-0.39, 0.29) is 5.92 Å². The number of aryl methyl sites for hydroxylation is 1. The largest absolute Gasteiger partial charge is 0.481 e. The molecule has 1 saturated heterocycles. The van der Waals surface area contributed by atoms with Gasteiger partial charge in [-0.15, -0.1) is 0 Å². The maximum Gasteiger partial charge on any atom is 0.306 e. The first kappa shape index (κ1) is 10.9. The van der Waals surface area contributed by atoms with Crippen molar-refractivity contribution in [3.8, 4) is 0 Å². The Morgan fingerprint density at radius 1 is 1.44 bits per heavy atom. The molecule has 2 heterocycles. The Labute approximate surface area is 94.9 Å². The van der Waals surface area contributed by atoms with Crippen molar-refractivity contribution < 1.29 is 9.90 Å². The molecule has 1 aromatic rings. The Hall–Kier alpha value is -1.58. The minimum atomic E-state index is -0.665. The quantitative estimate of drug-likeness (QED) is 0.824. The predicted octanol–water partition coefficient (Wildman–Crippen LogP) is 1.69. The molecular formula is C12H16N2O2. The molecule has 16 heavy (non-hydrogen) atoms. The molecule has 1 aromatic heterocycles. The van der Waals surface area contributed by atoms with Gasteiger partial charge in [-0.1, -0.05) is 0 Å². The molecule has 0 saturated carbocycles. The highest BCUT2D eigenvalue weighted by Crippen LogP contribution is 2.22. The molecule has 4 heteroatoms. The first-order chi connectivity index (χ1) is 7.66. The van der Waals surface area contributed by atoms with Gasteiger partial charge in [0.25, 0.3) is 0 Å². The monoisotopic (exact) mass is 220 g/mol. The number of carboxylic acids is 1. The molecule has 86 valence electrons. The molecule has 0 aliphatic carbocycles. The van der Waals surface area contributed by atoms with Gasteiger partial charge >= 0.3 is 5.97 Å². The van der Waals surface area contributed by atoms with E-state index in [1.807, 2.05) is 25.3 Å². The zero-order valence-corrected chi connectivity index (χ0v) is 9.39. The summed E-state index contributed by atoms with van der Waals surface area (Å²) in [5.41, 5.74) is 2.10. The number of aliphatic carboxylic acids is 1. The Balaban J connectivity index is 1.99. The average molecular weight is 220 g/mol. The van der Waals surface area contributed by atoms with Gasteiger partial charge in [-0.2, -0.15) is 0 Å². The summed E-state index contributed by atoms with van der Waals surface area (Å²) in [6, 6.07) is 4.03. The van der Waals surface area contributed by atoms with Crippen LogP contribution in [0.5, 0.6) is 0 Å². The van der Waals surface area contributed by atoms with E-state index in [4.69, 9.17) is 5.11 Å². The van der Waals surface area contributed by atoms with Crippen molar-refractivity contribution in [3.63, 3.8) is 0 Å². The smallest absolute Gasteiger partial charge is 0.306 e. The number of carboxylic acid groups (broad SMARTS) is 1. The third-order valence-corrected chi connectivity index (χ3v) is 3.11. The highest BCUT2D eigenvalue weighted by atomic mass is 16.4.